The molecule has 0 spiro atoms. The van der Waals surface area contributed by atoms with Gasteiger partial charge in [0, 0.05) is 29.7 Å². The number of hydrogen-bond acceptors (Lipinski definition) is 3. The van der Waals surface area contributed by atoms with Gasteiger partial charge in [-0.05, 0) is 64.7 Å². The lowest BCUT2D eigenvalue weighted by atomic mass is 9.96. The van der Waals surface area contributed by atoms with Crippen molar-refractivity contribution < 1.29 is 9.59 Å². The highest BCUT2D eigenvalue weighted by Crippen LogP contribution is 2.25. The van der Waals surface area contributed by atoms with E-state index in [0.717, 1.165) is 36.8 Å². The molecule has 1 fully saturated rings. The van der Waals surface area contributed by atoms with Crippen LogP contribution in [0, 0.1) is 5.92 Å². The van der Waals surface area contributed by atoms with E-state index in [0.29, 0.717) is 18.0 Å². The number of likely N-dealkylation sites (tertiary alicyclic amines) is 1. The van der Waals surface area contributed by atoms with Crippen LogP contribution in [-0.2, 0) is 4.79 Å². The lowest BCUT2D eigenvalue weighted by Gasteiger charge is -2.31. The fourth-order valence-corrected chi connectivity index (χ4v) is 4.05. The van der Waals surface area contributed by atoms with Gasteiger partial charge in [-0.1, -0.05) is 31.5 Å². The maximum Gasteiger partial charge on any atom is 0.292 e. The van der Waals surface area contributed by atoms with Crippen molar-refractivity contribution in [2.24, 2.45) is 5.92 Å². The zero-order valence-corrected chi connectivity index (χ0v) is 17.4. The summed E-state index contributed by atoms with van der Waals surface area (Å²) in [5.74, 6) is -0.456. The average Bonchev–Trinajstić information content (AvgIpc) is 3.10. The number of amides is 1. The first-order valence-electron chi connectivity index (χ1n) is 10.7. The summed E-state index contributed by atoms with van der Waals surface area (Å²) < 4.78 is 2.06. The van der Waals surface area contributed by atoms with Gasteiger partial charge >= 0.3 is 0 Å². The van der Waals surface area contributed by atoms with E-state index in [4.69, 9.17) is 0 Å². The molecule has 2 aromatic rings. The summed E-state index contributed by atoms with van der Waals surface area (Å²) in [7, 11) is 0. The summed E-state index contributed by atoms with van der Waals surface area (Å²) in [5, 5.41) is 3.74. The summed E-state index contributed by atoms with van der Waals surface area (Å²) in [6, 6.07) is 8.01. The minimum absolute atomic E-state index is 0.229. The van der Waals surface area contributed by atoms with E-state index in [1.807, 2.05) is 30.5 Å². The van der Waals surface area contributed by atoms with Crippen molar-refractivity contribution in [2.45, 2.75) is 52.5 Å². The van der Waals surface area contributed by atoms with Crippen molar-refractivity contribution in [1.82, 2.24) is 14.8 Å². The van der Waals surface area contributed by atoms with E-state index >= 15 is 0 Å². The number of aromatic nitrogens is 1. The van der Waals surface area contributed by atoms with Gasteiger partial charge < -0.3 is 14.8 Å². The molecule has 0 saturated carbocycles. The third-order valence-electron chi connectivity index (χ3n) is 5.83. The number of carbonyl (C=O) groups excluding carboxylic acids is 2. The number of piperidine rings is 1. The predicted molar refractivity (Wildman–Crippen MR) is 114 cm³/mol. The van der Waals surface area contributed by atoms with Crippen molar-refractivity contribution in [3.05, 3.63) is 36.0 Å². The molecule has 5 nitrogen and oxygen atoms in total. The molecule has 1 aromatic carbocycles. The largest absolute Gasteiger partial charge is 0.349 e. The molecule has 1 N–H and O–H groups in total. The number of fused-ring (bicyclic) bond motifs is 1. The molecular weight excluding hydrogens is 350 g/mol. The third-order valence-corrected chi connectivity index (χ3v) is 5.83. The first kappa shape index (κ1) is 20.6. The number of nitrogens with zero attached hydrogens (tertiary/aromatic N) is 2. The SMILES string of the molecule is CCCCN1CCC(CNC(=O)C(=O)c2cn(C(C)C)c3ccccc23)CC1. The number of ketones is 1. The summed E-state index contributed by atoms with van der Waals surface area (Å²) in [6.45, 7) is 10.3. The van der Waals surface area contributed by atoms with Gasteiger partial charge in [-0.25, -0.2) is 0 Å². The van der Waals surface area contributed by atoms with Crippen LogP contribution in [0.5, 0.6) is 0 Å². The number of hydrogen-bond donors (Lipinski definition) is 1. The molecule has 5 heteroatoms. The Bertz CT molecular complexity index is 816. The Balaban J connectivity index is 1.59. The normalized spacial score (nSPS) is 16.0. The second kappa shape index (κ2) is 9.37. The average molecular weight is 384 g/mol. The molecule has 3 rings (SSSR count). The van der Waals surface area contributed by atoms with Gasteiger partial charge in [0.15, 0.2) is 0 Å². The fraction of sp³-hybridized carbons (Fsp3) is 0.565. The lowest BCUT2D eigenvalue weighted by molar-refractivity contribution is -0.117. The Morgan fingerprint density at radius 2 is 1.89 bits per heavy atom. The molecule has 152 valence electrons. The van der Waals surface area contributed by atoms with E-state index in [1.54, 1.807) is 0 Å². The topological polar surface area (TPSA) is 54.3 Å². The molecular formula is C23H33N3O2. The minimum atomic E-state index is -0.486. The molecule has 0 bridgehead atoms. The molecule has 0 radical (unpaired) electrons. The van der Waals surface area contributed by atoms with E-state index in [2.05, 4.69) is 35.6 Å². The van der Waals surface area contributed by atoms with Crippen LogP contribution in [-0.4, -0.2) is 47.3 Å². The maximum absolute atomic E-state index is 12.8. The molecule has 0 unspecified atom stereocenters. The van der Waals surface area contributed by atoms with Gasteiger partial charge in [-0.2, -0.15) is 0 Å². The van der Waals surface area contributed by atoms with Crippen LogP contribution >= 0.6 is 0 Å². The molecule has 1 aliphatic rings. The lowest BCUT2D eigenvalue weighted by Crippen LogP contribution is -2.40. The Morgan fingerprint density at radius 3 is 2.57 bits per heavy atom. The number of para-hydroxylation sites is 1. The van der Waals surface area contributed by atoms with Crippen LogP contribution in [0.1, 0.15) is 62.9 Å². The standard InChI is InChI=1S/C23H33N3O2/c1-4-5-12-25-13-10-18(11-14-25)15-24-23(28)22(27)20-16-26(17(2)3)21-9-7-6-8-19(20)21/h6-9,16-18H,4-5,10-15H2,1-3H3,(H,24,28). The van der Waals surface area contributed by atoms with Crippen molar-refractivity contribution in [3.8, 4) is 0 Å². The van der Waals surface area contributed by atoms with Crippen LogP contribution in [0.4, 0.5) is 0 Å². The van der Waals surface area contributed by atoms with Crippen molar-refractivity contribution in [3.63, 3.8) is 0 Å². The second-order valence-electron chi connectivity index (χ2n) is 8.24. The number of Topliss-reactive ketones (excluding diaryl/α,β-unsaturated/α-hetero) is 1. The number of rotatable bonds is 8. The number of nitrogens with one attached hydrogen (secondary N) is 1. The molecule has 1 saturated heterocycles. The highest BCUT2D eigenvalue weighted by molar-refractivity contribution is 6.45. The smallest absolute Gasteiger partial charge is 0.292 e. The van der Waals surface area contributed by atoms with Gasteiger partial charge in [-0.15, -0.1) is 0 Å². The molecule has 1 aromatic heterocycles. The Kier molecular flexibility index (Phi) is 6.89. The monoisotopic (exact) mass is 383 g/mol. The van der Waals surface area contributed by atoms with Crippen molar-refractivity contribution >= 4 is 22.6 Å². The summed E-state index contributed by atoms with van der Waals surface area (Å²) in [5.41, 5.74) is 1.49. The summed E-state index contributed by atoms with van der Waals surface area (Å²) >= 11 is 0. The van der Waals surface area contributed by atoms with Gasteiger partial charge in [-0.3, -0.25) is 9.59 Å². The minimum Gasteiger partial charge on any atom is -0.349 e. The Labute approximate surface area is 168 Å². The summed E-state index contributed by atoms with van der Waals surface area (Å²) in [6.07, 6.45) is 6.48. The Morgan fingerprint density at radius 1 is 1.18 bits per heavy atom. The van der Waals surface area contributed by atoms with Crippen LogP contribution < -0.4 is 5.32 Å². The van der Waals surface area contributed by atoms with Crippen molar-refractivity contribution in [1.29, 1.82) is 0 Å². The molecule has 1 aliphatic heterocycles. The first-order valence-corrected chi connectivity index (χ1v) is 10.7. The maximum atomic E-state index is 12.8. The highest BCUT2D eigenvalue weighted by Gasteiger charge is 2.24. The number of carbonyl (C=O) groups is 2. The zero-order valence-electron chi connectivity index (χ0n) is 17.4. The molecule has 1 amide bonds. The molecule has 28 heavy (non-hydrogen) atoms. The van der Waals surface area contributed by atoms with Gasteiger partial charge in [0.2, 0.25) is 0 Å². The van der Waals surface area contributed by atoms with Gasteiger partial charge in [0.25, 0.3) is 11.7 Å². The quantitative estimate of drug-likeness (QED) is 0.553. The van der Waals surface area contributed by atoms with Crippen LogP contribution in [0.15, 0.2) is 30.5 Å². The van der Waals surface area contributed by atoms with Crippen LogP contribution in [0.3, 0.4) is 0 Å². The van der Waals surface area contributed by atoms with E-state index in [9.17, 15) is 9.59 Å². The second-order valence-corrected chi connectivity index (χ2v) is 8.24. The zero-order chi connectivity index (χ0) is 20.1. The first-order chi connectivity index (χ1) is 13.5. The van der Waals surface area contributed by atoms with Crippen LogP contribution in [0.25, 0.3) is 10.9 Å². The third kappa shape index (κ3) is 4.64. The molecule has 0 aliphatic carbocycles. The Hall–Kier alpha value is -2.14. The van der Waals surface area contributed by atoms with Gasteiger partial charge in [0.05, 0.1) is 5.56 Å². The number of unbranched alkanes of at least 4 members (excludes halogenated alkanes) is 1. The van der Waals surface area contributed by atoms with E-state index in [-0.39, 0.29) is 6.04 Å². The predicted octanol–water partition coefficient (Wildman–Crippen LogP) is 4.03. The van der Waals surface area contributed by atoms with E-state index in [1.165, 1.54) is 19.4 Å². The van der Waals surface area contributed by atoms with Crippen molar-refractivity contribution in [2.75, 3.05) is 26.2 Å². The molecule has 2 heterocycles. The fourth-order valence-electron chi connectivity index (χ4n) is 4.05. The van der Waals surface area contributed by atoms with E-state index < -0.39 is 11.7 Å². The van der Waals surface area contributed by atoms with Crippen LogP contribution in [0.2, 0.25) is 0 Å². The summed E-state index contributed by atoms with van der Waals surface area (Å²) in [4.78, 5) is 27.8. The highest BCUT2D eigenvalue weighted by atomic mass is 16.2. The number of benzene rings is 1. The molecule has 0 atom stereocenters. The van der Waals surface area contributed by atoms with Gasteiger partial charge in [0.1, 0.15) is 0 Å².